The SMILES string of the molecule is c1ccc(-c2nc[nH]c2C2CCNCC2)nc1. The Morgan fingerprint density at radius 3 is 2.76 bits per heavy atom. The second kappa shape index (κ2) is 4.67. The fourth-order valence-electron chi connectivity index (χ4n) is 2.43. The average molecular weight is 228 g/mol. The van der Waals surface area contributed by atoms with Crippen LogP contribution < -0.4 is 5.32 Å². The number of nitrogens with one attached hydrogen (secondary N) is 2. The third-order valence-corrected chi connectivity index (χ3v) is 3.32. The predicted octanol–water partition coefficient (Wildman–Crippen LogP) is 1.94. The zero-order valence-corrected chi connectivity index (χ0v) is 9.69. The molecule has 0 spiro atoms. The van der Waals surface area contributed by atoms with E-state index in [2.05, 4.69) is 20.3 Å². The summed E-state index contributed by atoms with van der Waals surface area (Å²) >= 11 is 0. The summed E-state index contributed by atoms with van der Waals surface area (Å²) < 4.78 is 0. The summed E-state index contributed by atoms with van der Waals surface area (Å²) in [5, 5.41) is 3.39. The maximum Gasteiger partial charge on any atom is 0.110 e. The molecule has 1 saturated heterocycles. The first kappa shape index (κ1) is 10.5. The molecule has 0 unspecified atom stereocenters. The van der Waals surface area contributed by atoms with Gasteiger partial charge in [0.05, 0.1) is 12.0 Å². The molecular weight excluding hydrogens is 212 g/mol. The van der Waals surface area contributed by atoms with E-state index >= 15 is 0 Å². The third-order valence-electron chi connectivity index (χ3n) is 3.32. The van der Waals surface area contributed by atoms with Gasteiger partial charge in [0.2, 0.25) is 0 Å². The largest absolute Gasteiger partial charge is 0.348 e. The molecule has 3 rings (SSSR count). The van der Waals surface area contributed by atoms with Crippen molar-refractivity contribution in [3.05, 3.63) is 36.4 Å². The fraction of sp³-hybridized carbons (Fsp3) is 0.385. The van der Waals surface area contributed by atoms with Crippen LogP contribution in [0.4, 0.5) is 0 Å². The number of piperidine rings is 1. The van der Waals surface area contributed by atoms with Crippen molar-refractivity contribution in [2.75, 3.05) is 13.1 Å². The Labute approximate surface area is 101 Å². The highest BCUT2D eigenvalue weighted by Gasteiger charge is 2.21. The molecule has 0 aliphatic carbocycles. The quantitative estimate of drug-likeness (QED) is 0.826. The van der Waals surface area contributed by atoms with E-state index < -0.39 is 0 Å². The van der Waals surface area contributed by atoms with Crippen LogP contribution >= 0.6 is 0 Å². The van der Waals surface area contributed by atoms with Crippen molar-refractivity contribution in [2.45, 2.75) is 18.8 Å². The van der Waals surface area contributed by atoms with Crippen LogP contribution in [0.15, 0.2) is 30.7 Å². The molecule has 1 aliphatic rings. The molecule has 0 saturated carbocycles. The van der Waals surface area contributed by atoms with Gasteiger partial charge in [0.25, 0.3) is 0 Å². The summed E-state index contributed by atoms with van der Waals surface area (Å²) in [6.07, 6.45) is 5.93. The minimum absolute atomic E-state index is 0.579. The van der Waals surface area contributed by atoms with E-state index in [0.717, 1.165) is 24.5 Å². The predicted molar refractivity (Wildman–Crippen MR) is 66.7 cm³/mol. The average Bonchev–Trinajstić information content (AvgIpc) is 2.90. The second-order valence-corrected chi connectivity index (χ2v) is 4.40. The van der Waals surface area contributed by atoms with Gasteiger partial charge in [-0.05, 0) is 38.1 Å². The van der Waals surface area contributed by atoms with Crippen LogP contribution in [0.2, 0.25) is 0 Å². The summed E-state index contributed by atoms with van der Waals surface area (Å²) in [6, 6.07) is 5.95. The van der Waals surface area contributed by atoms with Gasteiger partial charge in [-0.3, -0.25) is 4.98 Å². The van der Waals surface area contributed by atoms with Crippen LogP contribution in [0.5, 0.6) is 0 Å². The number of hydrogen-bond donors (Lipinski definition) is 2. The lowest BCUT2D eigenvalue weighted by molar-refractivity contribution is 0.455. The standard InChI is InChI=1S/C13H16N4/c1-2-6-15-11(3-1)13-12(16-9-17-13)10-4-7-14-8-5-10/h1-3,6,9-10,14H,4-5,7-8H2,(H,16,17). The Kier molecular flexibility index (Phi) is 2.88. The van der Waals surface area contributed by atoms with E-state index in [9.17, 15) is 0 Å². The highest BCUT2D eigenvalue weighted by molar-refractivity contribution is 5.57. The molecule has 0 bridgehead atoms. The van der Waals surface area contributed by atoms with Crippen molar-refractivity contribution in [3.8, 4) is 11.4 Å². The van der Waals surface area contributed by atoms with Gasteiger partial charge in [0, 0.05) is 17.8 Å². The number of aromatic nitrogens is 3. The van der Waals surface area contributed by atoms with E-state index in [4.69, 9.17) is 0 Å². The lowest BCUT2D eigenvalue weighted by atomic mass is 9.92. The summed E-state index contributed by atoms with van der Waals surface area (Å²) in [6.45, 7) is 2.18. The Balaban J connectivity index is 1.93. The molecule has 0 amide bonds. The van der Waals surface area contributed by atoms with Crippen LogP contribution in [0.3, 0.4) is 0 Å². The number of nitrogens with zero attached hydrogens (tertiary/aromatic N) is 2. The molecule has 0 radical (unpaired) electrons. The topological polar surface area (TPSA) is 53.6 Å². The number of rotatable bonds is 2. The number of aromatic amines is 1. The first-order valence-corrected chi connectivity index (χ1v) is 6.10. The van der Waals surface area contributed by atoms with Gasteiger partial charge in [0.15, 0.2) is 0 Å². The van der Waals surface area contributed by atoms with Crippen molar-refractivity contribution in [1.82, 2.24) is 20.3 Å². The normalized spacial score (nSPS) is 17.2. The molecule has 4 heteroatoms. The number of hydrogen-bond acceptors (Lipinski definition) is 3. The minimum atomic E-state index is 0.579. The van der Waals surface area contributed by atoms with E-state index in [0.29, 0.717) is 5.92 Å². The highest BCUT2D eigenvalue weighted by atomic mass is 14.9. The molecule has 0 atom stereocenters. The number of H-pyrrole nitrogens is 1. The van der Waals surface area contributed by atoms with Gasteiger partial charge in [-0.25, -0.2) is 4.98 Å². The van der Waals surface area contributed by atoms with Crippen molar-refractivity contribution >= 4 is 0 Å². The van der Waals surface area contributed by atoms with Gasteiger partial charge >= 0.3 is 0 Å². The second-order valence-electron chi connectivity index (χ2n) is 4.40. The molecule has 17 heavy (non-hydrogen) atoms. The lowest BCUT2D eigenvalue weighted by Crippen LogP contribution is -2.27. The zero-order valence-electron chi connectivity index (χ0n) is 9.69. The van der Waals surface area contributed by atoms with E-state index in [-0.39, 0.29) is 0 Å². The maximum absolute atomic E-state index is 4.42. The molecule has 88 valence electrons. The van der Waals surface area contributed by atoms with Gasteiger partial charge in [-0.2, -0.15) is 0 Å². The third kappa shape index (κ3) is 2.08. The van der Waals surface area contributed by atoms with Crippen LogP contribution in [0.25, 0.3) is 11.4 Å². The lowest BCUT2D eigenvalue weighted by Gasteiger charge is -2.22. The van der Waals surface area contributed by atoms with Gasteiger partial charge in [-0.1, -0.05) is 6.07 Å². The monoisotopic (exact) mass is 228 g/mol. The number of pyridine rings is 1. The molecule has 2 N–H and O–H groups in total. The summed E-state index contributed by atoms with van der Waals surface area (Å²) in [5.74, 6) is 0.579. The van der Waals surface area contributed by atoms with E-state index in [1.165, 1.54) is 18.5 Å². The summed E-state index contributed by atoms with van der Waals surface area (Å²) in [7, 11) is 0. The Morgan fingerprint density at radius 1 is 1.12 bits per heavy atom. The summed E-state index contributed by atoms with van der Waals surface area (Å²) in [5.41, 5.74) is 3.21. The molecule has 3 heterocycles. The zero-order chi connectivity index (χ0) is 11.5. The molecule has 1 aliphatic heterocycles. The Bertz CT molecular complexity index is 471. The fourth-order valence-corrected chi connectivity index (χ4v) is 2.43. The summed E-state index contributed by atoms with van der Waals surface area (Å²) in [4.78, 5) is 12.1. The Morgan fingerprint density at radius 2 is 2.00 bits per heavy atom. The molecular formula is C13H16N4. The molecule has 0 aromatic carbocycles. The first-order valence-electron chi connectivity index (χ1n) is 6.10. The van der Waals surface area contributed by atoms with Gasteiger partial charge in [-0.15, -0.1) is 0 Å². The minimum Gasteiger partial charge on any atom is -0.348 e. The van der Waals surface area contributed by atoms with E-state index in [1.54, 1.807) is 6.33 Å². The van der Waals surface area contributed by atoms with Gasteiger partial charge in [0.1, 0.15) is 5.69 Å². The van der Waals surface area contributed by atoms with Crippen molar-refractivity contribution in [2.24, 2.45) is 0 Å². The van der Waals surface area contributed by atoms with Crippen LogP contribution in [-0.4, -0.2) is 28.0 Å². The highest BCUT2D eigenvalue weighted by Crippen LogP contribution is 2.30. The maximum atomic E-state index is 4.42. The molecule has 1 fully saturated rings. The van der Waals surface area contributed by atoms with Crippen LogP contribution in [0.1, 0.15) is 24.5 Å². The van der Waals surface area contributed by atoms with Crippen molar-refractivity contribution in [1.29, 1.82) is 0 Å². The van der Waals surface area contributed by atoms with Crippen LogP contribution in [0, 0.1) is 0 Å². The molecule has 4 nitrogen and oxygen atoms in total. The van der Waals surface area contributed by atoms with Crippen molar-refractivity contribution in [3.63, 3.8) is 0 Å². The molecule has 2 aromatic heterocycles. The smallest absolute Gasteiger partial charge is 0.110 e. The van der Waals surface area contributed by atoms with Crippen molar-refractivity contribution < 1.29 is 0 Å². The van der Waals surface area contributed by atoms with Gasteiger partial charge < -0.3 is 10.3 Å². The number of imidazole rings is 1. The first-order chi connectivity index (χ1) is 8.45. The van der Waals surface area contributed by atoms with E-state index in [1.807, 2.05) is 24.4 Å². The Hall–Kier alpha value is -1.68. The van der Waals surface area contributed by atoms with Crippen LogP contribution in [-0.2, 0) is 0 Å². The molecule has 2 aromatic rings.